The van der Waals surface area contributed by atoms with Crippen molar-refractivity contribution in [3.05, 3.63) is 41.3 Å². The molecule has 5 nitrogen and oxygen atoms in total. The number of nitrogens with one attached hydrogen (secondary N) is 1. The summed E-state index contributed by atoms with van der Waals surface area (Å²) in [5.41, 5.74) is 7.62. The fourth-order valence-corrected chi connectivity index (χ4v) is 2.39. The van der Waals surface area contributed by atoms with Gasteiger partial charge in [-0.2, -0.15) is 0 Å². The minimum absolute atomic E-state index is 0.124. The molecule has 0 unspecified atom stereocenters. The summed E-state index contributed by atoms with van der Waals surface area (Å²) < 4.78 is 13.1. The lowest BCUT2D eigenvalue weighted by atomic mass is 10.2. The molecule has 0 saturated heterocycles. The van der Waals surface area contributed by atoms with E-state index < -0.39 is 5.82 Å². The molecule has 0 atom stereocenters. The number of carbonyl (C=O) groups is 1. The molecule has 1 amide bonds. The lowest BCUT2D eigenvalue weighted by Gasteiger charge is -2.08. The zero-order chi connectivity index (χ0) is 15.4. The number of nitrogen functional groups attached to an aromatic ring is 1. The number of hydrogen-bond acceptors (Lipinski definition) is 5. The normalized spacial score (nSPS) is 10.4. The van der Waals surface area contributed by atoms with Crippen LogP contribution in [0.15, 0.2) is 29.4 Å². The molecule has 0 fully saturated rings. The van der Waals surface area contributed by atoms with Gasteiger partial charge in [-0.3, -0.25) is 4.79 Å². The molecule has 2 rings (SSSR count). The van der Waals surface area contributed by atoms with Crippen molar-refractivity contribution in [2.24, 2.45) is 0 Å². The van der Waals surface area contributed by atoms with Crippen LogP contribution in [0.4, 0.5) is 15.9 Å². The second-order valence-corrected chi connectivity index (χ2v) is 5.46. The van der Waals surface area contributed by atoms with E-state index >= 15 is 0 Å². The minimum Gasteiger partial charge on any atom is -0.384 e. The van der Waals surface area contributed by atoms with Gasteiger partial charge in [0.05, 0.1) is 5.75 Å². The van der Waals surface area contributed by atoms with Crippen LogP contribution < -0.4 is 11.1 Å². The third kappa shape index (κ3) is 4.42. The molecule has 0 aliphatic carbocycles. The van der Waals surface area contributed by atoms with Crippen LogP contribution in [0.3, 0.4) is 0 Å². The van der Waals surface area contributed by atoms with Gasteiger partial charge in [0.1, 0.15) is 11.6 Å². The van der Waals surface area contributed by atoms with E-state index in [9.17, 15) is 9.18 Å². The Kier molecular flexibility index (Phi) is 4.74. The Balaban J connectivity index is 1.97. The van der Waals surface area contributed by atoms with Crippen molar-refractivity contribution in [1.82, 2.24) is 9.97 Å². The van der Waals surface area contributed by atoms with Crippen molar-refractivity contribution in [1.29, 1.82) is 0 Å². The lowest BCUT2D eigenvalue weighted by Crippen LogP contribution is -2.15. The SMILES string of the molecule is Cc1cc(N)nc(SCC(=O)Nc2cc(F)ccc2C)n1. The van der Waals surface area contributed by atoms with E-state index in [0.29, 0.717) is 16.7 Å². The summed E-state index contributed by atoms with van der Waals surface area (Å²) in [6.07, 6.45) is 0. The van der Waals surface area contributed by atoms with Gasteiger partial charge in [-0.15, -0.1) is 0 Å². The highest BCUT2D eigenvalue weighted by atomic mass is 32.2. The number of benzene rings is 1. The molecule has 0 bridgehead atoms. The molecule has 0 spiro atoms. The molecular formula is C14H15FN4OS. The molecule has 7 heteroatoms. The maximum atomic E-state index is 13.1. The first-order valence-electron chi connectivity index (χ1n) is 6.24. The van der Waals surface area contributed by atoms with Crippen LogP contribution in [0.25, 0.3) is 0 Å². The maximum absolute atomic E-state index is 13.1. The first kappa shape index (κ1) is 15.2. The van der Waals surface area contributed by atoms with Crippen LogP contribution in [0.2, 0.25) is 0 Å². The number of nitrogens with two attached hydrogens (primary N) is 1. The predicted molar refractivity (Wildman–Crippen MR) is 81.7 cm³/mol. The van der Waals surface area contributed by atoms with E-state index in [1.807, 2.05) is 0 Å². The summed E-state index contributed by atoms with van der Waals surface area (Å²) in [5.74, 6) is -0.152. The summed E-state index contributed by atoms with van der Waals surface area (Å²) in [5, 5.41) is 3.11. The van der Waals surface area contributed by atoms with Crippen LogP contribution in [0.1, 0.15) is 11.3 Å². The van der Waals surface area contributed by atoms with Gasteiger partial charge in [0.2, 0.25) is 5.91 Å². The standard InChI is InChI=1S/C14H15FN4OS/c1-8-3-4-10(15)6-11(8)18-13(20)7-21-14-17-9(2)5-12(16)19-14/h3-6H,7H2,1-2H3,(H,18,20)(H2,16,17,19). The van der Waals surface area contributed by atoms with Crippen LogP contribution in [0, 0.1) is 19.7 Å². The zero-order valence-electron chi connectivity index (χ0n) is 11.7. The summed E-state index contributed by atoms with van der Waals surface area (Å²) in [7, 11) is 0. The van der Waals surface area contributed by atoms with E-state index in [2.05, 4.69) is 15.3 Å². The fraction of sp³-hybridized carbons (Fsp3) is 0.214. The minimum atomic E-state index is -0.390. The number of hydrogen-bond donors (Lipinski definition) is 2. The first-order valence-corrected chi connectivity index (χ1v) is 7.22. The highest BCUT2D eigenvalue weighted by Gasteiger charge is 2.08. The van der Waals surface area contributed by atoms with Crippen LogP contribution in [0.5, 0.6) is 0 Å². The molecule has 1 heterocycles. The number of nitrogens with zero attached hydrogens (tertiary/aromatic N) is 2. The van der Waals surface area contributed by atoms with Crippen molar-refractivity contribution in [3.63, 3.8) is 0 Å². The Morgan fingerprint density at radius 2 is 2.10 bits per heavy atom. The highest BCUT2D eigenvalue weighted by Crippen LogP contribution is 2.18. The van der Waals surface area contributed by atoms with Crippen molar-refractivity contribution in [3.8, 4) is 0 Å². The Morgan fingerprint density at radius 1 is 1.33 bits per heavy atom. The topological polar surface area (TPSA) is 80.9 Å². The largest absolute Gasteiger partial charge is 0.384 e. The molecule has 0 saturated carbocycles. The maximum Gasteiger partial charge on any atom is 0.234 e. The predicted octanol–water partition coefficient (Wildman–Crippen LogP) is 2.55. The zero-order valence-corrected chi connectivity index (χ0v) is 12.5. The molecule has 2 aromatic rings. The van der Waals surface area contributed by atoms with E-state index in [4.69, 9.17) is 5.73 Å². The summed E-state index contributed by atoms with van der Waals surface area (Å²) in [6.45, 7) is 3.60. The molecule has 0 aliphatic rings. The van der Waals surface area contributed by atoms with Gasteiger partial charge in [-0.25, -0.2) is 14.4 Å². The molecular weight excluding hydrogens is 291 g/mol. The smallest absolute Gasteiger partial charge is 0.234 e. The molecule has 1 aromatic heterocycles. The number of halogens is 1. The van der Waals surface area contributed by atoms with E-state index in [-0.39, 0.29) is 11.7 Å². The number of carbonyl (C=O) groups excluding carboxylic acids is 1. The Bertz CT molecular complexity index is 658. The average molecular weight is 306 g/mol. The summed E-state index contributed by atoms with van der Waals surface area (Å²) >= 11 is 1.18. The van der Waals surface area contributed by atoms with Gasteiger partial charge in [0.25, 0.3) is 0 Å². The third-order valence-corrected chi connectivity index (χ3v) is 3.51. The molecule has 3 N–H and O–H groups in total. The number of rotatable bonds is 4. The molecule has 21 heavy (non-hydrogen) atoms. The number of aryl methyl sites for hydroxylation is 2. The second-order valence-electron chi connectivity index (χ2n) is 4.51. The Hall–Kier alpha value is -2.15. The van der Waals surface area contributed by atoms with E-state index in [1.165, 1.54) is 23.9 Å². The first-order chi connectivity index (χ1) is 9.94. The van der Waals surface area contributed by atoms with Crippen LogP contribution >= 0.6 is 11.8 Å². The Labute approximate surface area is 126 Å². The monoisotopic (exact) mass is 306 g/mol. The van der Waals surface area contributed by atoms with E-state index in [0.717, 1.165) is 11.3 Å². The van der Waals surface area contributed by atoms with Crippen molar-refractivity contribution < 1.29 is 9.18 Å². The van der Waals surface area contributed by atoms with Crippen molar-refractivity contribution in [2.75, 3.05) is 16.8 Å². The fourth-order valence-electron chi connectivity index (χ4n) is 1.67. The Morgan fingerprint density at radius 3 is 2.81 bits per heavy atom. The quantitative estimate of drug-likeness (QED) is 0.670. The number of aromatic nitrogens is 2. The van der Waals surface area contributed by atoms with Gasteiger partial charge in [-0.05, 0) is 31.5 Å². The molecule has 0 radical (unpaired) electrons. The van der Waals surface area contributed by atoms with Gasteiger partial charge in [0.15, 0.2) is 5.16 Å². The highest BCUT2D eigenvalue weighted by molar-refractivity contribution is 7.99. The number of amides is 1. The number of anilines is 2. The number of thioether (sulfide) groups is 1. The van der Waals surface area contributed by atoms with Crippen molar-refractivity contribution >= 4 is 29.2 Å². The molecule has 0 aliphatic heterocycles. The average Bonchev–Trinajstić information content (AvgIpc) is 2.40. The van der Waals surface area contributed by atoms with Gasteiger partial charge in [0, 0.05) is 17.4 Å². The van der Waals surface area contributed by atoms with Gasteiger partial charge in [-0.1, -0.05) is 17.8 Å². The van der Waals surface area contributed by atoms with E-state index in [1.54, 1.807) is 26.0 Å². The molecule has 1 aromatic carbocycles. The van der Waals surface area contributed by atoms with Gasteiger partial charge < -0.3 is 11.1 Å². The summed E-state index contributed by atoms with van der Waals surface area (Å²) in [4.78, 5) is 20.1. The van der Waals surface area contributed by atoms with Crippen molar-refractivity contribution in [2.45, 2.75) is 19.0 Å². The lowest BCUT2D eigenvalue weighted by molar-refractivity contribution is -0.113. The second kappa shape index (κ2) is 6.53. The van der Waals surface area contributed by atoms with Gasteiger partial charge >= 0.3 is 0 Å². The summed E-state index contributed by atoms with van der Waals surface area (Å²) in [6, 6.07) is 5.91. The van der Waals surface area contributed by atoms with Crippen LogP contribution in [-0.2, 0) is 4.79 Å². The third-order valence-electron chi connectivity index (χ3n) is 2.66. The van der Waals surface area contributed by atoms with Crippen LogP contribution in [-0.4, -0.2) is 21.6 Å². The molecule has 110 valence electrons.